The van der Waals surface area contributed by atoms with Gasteiger partial charge in [0.2, 0.25) is 0 Å². The second-order valence-corrected chi connectivity index (χ2v) is 8.09. The molecule has 1 atom stereocenters. The highest BCUT2D eigenvalue weighted by atomic mass is 15.7. The van der Waals surface area contributed by atoms with E-state index in [1.807, 2.05) is 0 Å². The Kier molecular flexibility index (Phi) is 11.4. The van der Waals surface area contributed by atoms with Crippen molar-refractivity contribution in [3.05, 3.63) is 0 Å². The number of unbranched alkanes of at least 4 members (excludes halogenated alkanes) is 3. The standard InChI is InChI=1S/C18H41N3/c1-8-9-10-11-13-19-21(14-12-18(5,6)7)20-17(4)15-16(2)3/h16-17,19-20H,8-15H2,1-7H3. The molecule has 0 heterocycles. The van der Waals surface area contributed by atoms with Crippen molar-refractivity contribution in [2.24, 2.45) is 11.3 Å². The second kappa shape index (κ2) is 11.4. The van der Waals surface area contributed by atoms with Crippen LogP contribution in [0.2, 0.25) is 0 Å². The van der Waals surface area contributed by atoms with Crippen LogP contribution in [0.25, 0.3) is 0 Å². The summed E-state index contributed by atoms with van der Waals surface area (Å²) < 4.78 is 0. The van der Waals surface area contributed by atoms with Crippen LogP contribution < -0.4 is 10.9 Å². The minimum absolute atomic E-state index is 0.380. The highest BCUT2D eigenvalue weighted by Crippen LogP contribution is 2.18. The van der Waals surface area contributed by atoms with Gasteiger partial charge in [-0.3, -0.25) is 0 Å². The molecule has 0 amide bonds. The van der Waals surface area contributed by atoms with Crippen LogP contribution in [0.1, 0.15) is 87.0 Å². The Labute approximate surface area is 134 Å². The van der Waals surface area contributed by atoms with Gasteiger partial charge in [-0.05, 0) is 37.5 Å². The molecular formula is C18H41N3. The van der Waals surface area contributed by atoms with E-state index in [1.54, 1.807) is 0 Å². The van der Waals surface area contributed by atoms with Crippen molar-refractivity contribution in [2.45, 2.75) is 93.0 Å². The SMILES string of the molecule is CCCCCCNN(CCC(C)(C)C)NC(C)CC(C)C. The van der Waals surface area contributed by atoms with Gasteiger partial charge in [-0.25, -0.2) is 10.9 Å². The largest absolute Gasteiger partial charge is 0.242 e. The molecule has 21 heavy (non-hydrogen) atoms. The van der Waals surface area contributed by atoms with Gasteiger partial charge in [0.05, 0.1) is 0 Å². The summed E-state index contributed by atoms with van der Waals surface area (Å²) in [6.45, 7) is 18.2. The Morgan fingerprint density at radius 3 is 2.19 bits per heavy atom. The third kappa shape index (κ3) is 14.6. The number of hydrogen-bond acceptors (Lipinski definition) is 3. The summed E-state index contributed by atoms with van der Waals surface area (Å²) in [5, 5.41) is 2.24. The molecule has 3 nitrogen and oxygen atoms in total. The molecule has 0 radical (unpaired) electrons. The molecule has 1 unspecified atom stereocenters. The summed E-state index contributed by atoms with van der Waals surface area (Å²) in [5.41, 5.74) is 7.59. The first-order valence-corrected chi connectivity index (χ1v) is 9.01. The van der Waals surface area contributed by atoms with Crippen molar-refractivity contribution in [3.63, 3.8) is 0 Å². The zero-order valence-electron chi connectivity index (χ0n) is 15.8. The molecule has 0 aliphatic carbocycles. The maximum atomic E-state index is 3.63. The Morgan fingerprint density at radius 2 is 1.67 bits per heavy atom. The molecule has 0 spiro atoms. The van der Waals surface area contributed by atoms with E-state index in [0.717, 1.165) is 19.0 Å². The van der Waals surface area contributed by atoms with Crippen LogP contribution >= 0.6 is 0 Å². The summed E-state index contributed by atoms with van der Waals surface area (Å²) in [5.74, 6) is 0.738. The number of hydrazine groups is 2. The molecule has 0 fully saturated rings. The van der Waals surface area contributed by atoms with E-state index in [-0.39, 0.29) is 0 Å². The number of hydrogen-bond donors (Lipinski definition) is 2. The van der Waals surface area contributed by atoms with E-state index < -0.39 is 0 Å². The van der Waals surface area contributed by atoms with Crippen molar-refractivity contribution in [1.29, 1.82) is 0 Å². The second-order valence-electron chi connectivity index (χ2n) is 8.09. The predicted molar refractivity (Wildman–Crippen MR) is 95.0 cm³/mol. The van der Waals surface area contributed by atoms with Crippen molar-refractivity contribution in [2.75, 3.05) is 13.1 Å². The van der Waals surface area contributed by atoms with E-state index in [0.29, 0.717) is 11.5 Å². The van der Waals surface area contributed by atoms with Gasteiger partial charge >= 0.3 is 0 Å². The summed E-state index contributed by atoms with van der Waals surface area (Å²) in [7, 11) is 0. The summed E-state index contributed by atoms with van der Waals surface area (Å²) >= 11 is 0. The van der Waals surface area contributed by atoms with Crippen LogP contribution in [0.15, 0.2) is 0 Å². The lowest BCUT2D eigenvalue weighted by Gasteiger charge is -2.31. The monoisotopic (exact) mass is 299 g/mol. The fourth-order valence-corrected chi connectivity index (χ4v) is 2.43. The summed E-state index contributed by atoms with van der Waals surface area (Å²) in [4.78, 5) is 0. The van der Waals surface area contributed by atoms with Crippen molar-refractivity contribution >= 4 is 0 Å². The van der Waals surface area contributed by atoms with Gasteiger partial charge in [-0.15, -0.1) is 0 Å². The van der Waals surface area contributed by atoms with Crippen LogP contribution in [-0.2, 0) is 0 Å². The fourth-order valence-electron chi connectivity index (χ4n) is 2.43. The van der Waals surface area contributed by atoms with Crippen molar-refractivity contribution < 1.29 is 0 Å². The Balaban J connectivity index is 4.14. The quantitative estimate of drug-likeness (QED) is 0.402. The third-order valence-electron chi connectivity index (χ3n) is 3.62. The molecule has 0 aliphatic heterocycles. The lowest BCUT2D eigenvalue weighted by Crippen LogP contribution is -2.53. The molecule has 0 saturated carbocycles. The lowest BCUT2D eigenvalue weighted by molar-refractivity contribution is 0.0736. The molecule has 0 aromatic heterocycles. The molecule has 0 saturated heterocycles. The van der Waals surface area contributed by atoms with Gasteiger partial charge in [0.15, 0.2) is 0 Å². The lowest BCUT2D eigenvalue weighted by atomic mass is 9.92. The van der Waals surface area contributed by atoms with Crippen LogP contribution in [0, 0.1) is 11.3 Å². The van der Waals surface area contributed by atoms with Crippen molar-refractivity contribution in [1.82, 2.24) is 16.0 Å². The normalized spacial score (nSPS) is 14.1. The minimum Gasteiger partial charge on any atom is -0.242 e. The average molecular weight is 300 g/mol. The first-order valence-electron chi connectivity index (χ1n) is 9.01. The highest BCUT2D eigenvalue weighted by molar-refractivity contribution is 4.66. The van der Waals surface area contributed by atoms with E-state index in [4.69, 9.17) is 0 Å². The predicted octanol–water partition coefficient (Wildman–Crippen LogP) is 4.75. The zero-order chi connectivity index (χ0) is 16.3. The van der Waals surface area contributed by atoms with Gasteiger partial charge < -0.3 is 0 Å². The molecule has 0 rings (SSSR count). The molecular weight excluding hydrogens is 258 g/mol. The molecule has 0 aromatic rings. The Bertz CT molecular complexity index is 233. The van der Waals surface area contributed by atoms with Crippen LogP contribution in [0.4, 0.5) is 0 Å². The first-order chi connectivity index (χ1) is 9.74. The number of nitrogens with one attached hydrogen (secondary N) is 2. The van der Waals surface area contributed by atoms with E-state index in [1.165, 1.54) is 38.5 Å². The topological polar surface area (TPSA) is 27.3 Å². The molecule has 3 heteroatoms. The molecule has 2 N–H and O–H groups in total. The van der Waals surface area contributed by atoms with E-state index in [2.05, 4.69) is 64.4 Å². The van der Waals surface area contributed by atoms with E-state index >= 15 is 0 Å². The zero-order valence-corrected chi connectivity index (χ0v) is 15.8. The van der Waals surface area contributed by atoms with Gasteiger partial charge in [0.25, 0.3) is 0 Å². The number of nitrogens with zero attached hydrogens (tertiary/aromatic N) is 1. The highest BCUT2D eigenvalue weighted by Gasteiger charge is 2.15. The van der Waals surface area contributed by atoms with Crippen LogP contribution in [0.3, 0.4) is 0 Å². The number of rotatable bonds is 12. The molecule has 0 aliphatic rings. The van der Waals surface area contributed by atoms with E-state index in [9.17, 15) is 0 Å². The first kappa shape index (κ1) is 20.9. The average Bonchev–Trinajstić information content (AvgIpc) is 2.33. The molecule has 128 valence electrons. The van der Waals surface area contributed by atoms with Crippen LogP contribution in [0.5, 0.6) is 0 Å². The third-order valence-corrected chi connectivity index (χ3v) is 3.62. The van der Waals surface area contributed by atoms with Gasteiger partial charge in [-0.1, -0.05) is 60.8 Å². The van der Waals surface area contributed by atoms with Crippen molar-refractivity contribution in [3.8, 4) is 0 Å². The Hall–Kier alpha value is -0.120. The maximum absolute atomic E-state index is 3.63. The maximum Gasteiger partial charge on any atom is 0.0293 e. The van der Waals surface area contributed by atoms with Gasteiger partial charge in [0.1, 0.15) is 0 Å². The van der Waals surface area contributed by atoms with Crippen LogP contribution in [-0.4, -0.2) is 24.2 Å². The Morgan fingerprint density at radius 1 is 1.00 bits per heavy atom. The smallest absolute Gasteiger partial charge is 0.0293 e. The molecule has 0 aromatic carbocycles. The fraction of sp³-hybridized carbons (Fsp3) is 1.00. The summed E-state index contributed by atoms with van der Waals surface area (Å²) in [6, 6.07) is 0.521. The van der Waals surface area contributed by atoms with Gasteiger partial charge in [0, 0.05) is 19.1 Å². The minimum atomic E-state index is 0.380. The van der Waals surface area contributed by atoms with Gasteiger partial charge in [-0.2, -0.15) is 5.12 Å². The molecule has 0 bridgehead atoms. The summed E-state index contributed by atoms with van der Waals surface area (Å²) in [6.07, 6.45) is 7.65.